The summed E-state index contributed by atoms with van der Waals surface area (Å²) in [6, 6.07) is 5.70. The standard InChI is InChI=1S/C19H24N2O6/c1-19(2,3)16-9-14(21-27-16)18(24)20-13(10-17(22)23)12-7-6-11(25-4)8-15(12)26-5/h6-9,13H,10H2,1-5H3,(H,20,24)(H,22,23)/t13-/m1/s1. The highest BCUT2D eigenvalue weighted by atomic mass is 16.5. The maximum absolute atomic E-state index is 12.6. The molecule has 8 nitrogen and oxygen atoms in total. The molecule has 0 saturated heterocycles. The molecule has 1 aromatic carbocycles. The van der Waals surface area contributed by atoms with Crippen molar-refractivity contribution in [3.05, 3.63) is 41.3 Å². The molecule has 0 bridgehead atoms. The van der Waals surface area contributed by atoms with Crippen molar-refractivity contribution in [2.24, 2.45) is 0 Å². The van der Waals surface area contributed by atoms with E-state index in [4.69, 9.17) is 14.0 Å². The summed E-state index contributed by atoms with van der Waals surface area (Å²) in [5.74, 6) is -0.0599. The Morgan fingerprint density at radius 1 is 1.22 bits per heavy atom. The van der Waals surface area contributed by atoms with Gasteiger partial charge in [-0.3, -0.25) is 9.59 Å². The molecule has 1 heterocycles. The Morgan fingerprint density at radius 3 is 2.44 bits per heavy atom. The number of benzene rings is 1. The van der Waals surface area contributed by atoms with Gasteiger partial charge in [0.2, 0.25) is 0 Å². The molecule has 27 heavy (non-hydrogen) atoms. The lowest BCUT2D eigenvalue weighted by Gasteiger charge is -2.20. The van der Waals surface area contributed by atoms with E-state index in [2.05, 4.69) is 10.5 Å². The molecule has 2 aromatic rings. The summed E-state index contributed by atoms with van der Waals surface area (Å²) in [4.78, 5) is 23.9. The number of carbonyl (C=O) groups is 2. The predicted molar refractivity (Wildman–Crippen MR) is 97.2 cm³/mol. The SMILES string of the molecule is COc1ccc([C@@H](CC(=O)O)NC(=O)c2cc(C(C)(C)C)on2)c(OC)c1. The summed E-state index contributed by atoms with van der Waals surface area (Å²) in [7, 11) is 2.98. The van der Waals surface area contributed by atoms with Crippen molar-refractivity contribution in [2.45, 2.75) is 38.6 Å². The molecule has 0 radical (unpaired) electrons. The molecule has 0 aliphatic heterocycles. The summed E-state index contributed by atoms with van der Waals surface area (Å²) in [5.41, 5.74) is 0.307. The Hall–Kier alpha value is -3.03. The highest BCUT2D eigenvalue weighted by Gasteiger charge is 2.26. The van der Waals surface area contributed by atoms with E-state index >= 15 is 0 Å². The predicted octanol–water partition coefficient (Wildman–Crippen LogP) is 2.94. The van der Waals surface area contributed by atoms with Crippen LogP contribution in [0, 0.1) is 0 Å². The van der Waals surface area contributed by atoms with Gasteiger partial charge in [0.1, 0.15) is 17.3 Å². The summed E-state index contributed by atoms with van der Waals surface area (Å²) >= 11 is 0. The number of methoxy groups -OCH3 is 2. The van der Waals surface area contributed by atoms with Gasteiger partial charge in [0.15, 0.2) is 5.69 Å². The molecule has 146 valence electrons. The van der Waals surface area contributed by atoms with Crippen LogP contribution in [0.25, 0.3) is 0 Å². The van der Waals surface area contributed by atoms with Crippen molar-refractivity contribution in [1.82, 2.24) is 10.5 Å². The number of aromatic nitrogens is 1. The second-order valence-corrected chi connectivity index (χ2v) is 7.06. The van der Waals surface area contributed by atoms with Gasteiger partial charge in [-0.2, -0.15) is 0 Å². The second kappa shape index (κ2) is 8.11. The fourth-order valence-electron chi connectivity index (χ4n) is 2.49. The fourth-order valence-corrected chi connectivity index (χ4v) is 2.49. The Bertz CT molecular complexity index is 822. The lowest BCUT2D eigenvalue weighted by atomic mass is 9.93. The van der Waals surface area contributed by atoms with Crippen molar-refractivity contribution < 1.29 is 28.7 Å². The van der Waals surface area contributed by atoms with Crippen molar-refractivity contribution in [2.75, 3.05) is 14.2 Å². The van der Waals surface area contributed by atoms with Crippen molar-refractivity contribution in [1.29, 1.82) is 0 Å². The van der Waals surface area contributed by atoms with Crippen LogP contribution < -0.4 is 14.8 Å². The number of nitrogens with zero attached hydrogens (tertiary/aromatic N) is 1. The molecular weight excluding hydrogens is 352 g/mol. The number of hydrogen-bond acceptors (Lipinski definition) is 6. The average Bonchev–Trinajstić information content (AvgIpc) is 3.10. The molecule has 0 unspecified atom stereocenters. The topological polar surface area (TPSA) is 111 Å². The van der Waals surface area contributed by atoms with E-state index in [9.17, 15) is 14.7 Å². The van der Waals surface area contributed by atoms with E-state index in [1.54, 1.807) is 24.3 Å². The third kappa shape index (κ3) is 4.99. The number of carboxylic acid groups (broad SMARTS) is 1. The van der Waals surface area contributed by atoms with Gasteiger partial charge in [0.05, 0.1) is 26.7 Å². The maximum Gasteiger partial charge on any atom is 0.305 e. The van der Waals surface area contributed by atoms with Crippen molar-refractivity contribution in [3.63, 3.8) is 0 Å². The minimum Gasteiger partial charge on any atom is -0.497 e. The number of aliphatic carboxylic acids is 1. The number of amides is 1. The zero-order chi connectivity index (χ0) is 20.2. The van der Waals surface area contributed by atoms with Crippen LogP contribution >= 0.6 is 0 Å². The molecule has 0 saturated carbocycles. The minimum absolute atomic E-state index is 0.0859. The quantitative estimate of drug-likeness (QED) is 0.764. The highest BCUT2D eigenvalue weighted by molar-refractivity contribution is 5.92. The number of carbonyl (C=O) groups excluding carboxylic acids is 1. The zero-order valence-corrected chi connectivity index (χ0v) is 16.0. The molecule has 8 heteroatoms. The maximum atomic E-state index is 12.6. The third-order valence-electron chi connectivity index (χ3n) is 3.98. The van der Waals surface area contributed by atoms with Gasteiger partial charge in [0.25, 0.3) is 5.91 Å². The molecule has 1 amide bonds. The number of ether oxygens (including phenoxy) is 2. The van der Waals surface area contributed by atoms with Crippen LogP contribution in [0.15, 0.2) is 28.8 Å². The van der Waals surface area contributed by atoms with E-state index in [0.717, 1.165) is 0 Å². The molecule has 2 rings (SSSR count). The summed E-state index contributed by atoms with van der Waals surface area (Å²) in [6.07, 6.45) is -0.321. The van der Waals surface area contributed by atoms with Crippen molar-refractivity contribution in [3.8, 4) is 11.5 Å². The van der Waals surface area contributed by atoms with Crippen LogP contribution in [0.1, 0.15) is 55.0 Å². The lowest BCUT2D eigenvalue weighted by molar-refractivity contribution is -0.137. The van der Waals surface area contributed by atoms with Gasteiger partial charge in [-0.15, -0.1) is 0 Å². The fraction of sp³-hybridized carbons (Fsp3) is 0.421. The Kier molecular flexibility index (Phi) is 6.09. The smallest absolute Gasteiger partial charge is 0.305 e. The first-order valence-corrected chi connectivity index (χ1v) is 8.37. The molecule has 1 atom stereocenters. The van der Waals surface area contributed by atoms with Gasteiger partial charge in [-0.1, -0.05) is 25.9 Å². The number of nitrogens with one attached hydrogen (secondary N) is 1. The van der Waals surface area contributed by atoms with Crippen molar-refractivity contribution >= 4 is 11.9 Å². The molecule has 0 aliphatic rings. The van der Waals surface area contributed by atoms with E-state index in [1.807, 2.05) is 20.8 Å². The van der Waals surface area contributed by atoms with Gasteiger partial charge >= 0.3 is 5.97 Å². The number of rotatable bonds is 7. The monoisotopic (exact) mass is 376 g/mol. The Labute approximate surface area is 157 Å². The highest BCUT2D eigenvalue weighted by Crippen LogP contribution is 2.31. The average molecular weight is 376 g/mol. The third-order valence-corrected chi connectivity index (χ3v) is 3.98. The summed E-state index contributed by atoms with van der Waals surface area (Å²) in [5, 5.41) is 15.7. The van der Waals surface area contributed by atoms with Crippen LogP contribution in [-0.2, 0) is 10.2 Å². The van der Waals surface area contributed by atoms with Gasteiger partial charge < -0.3 is 24.4 Å². The van der Waals surface area contributed by atoms with Gasteiger partial charge in [-0.05, 0) is 12.1 Å². The first-order valence-electron chi connectivity index (χ1n) is 8.37. The second-order valence-electron chi connectivity index (χ2n) is 7.06. The van der Waals surface area contributed by atoms with E-state index in [0.29, 0.717) is 22.8 Å². The molecule has 2 N–H and O–H groups in total. The largest absolute Gasteiger partial charge is 0.497 e. The molecule has 0 fully saturated rings. The van der Waals surface area contributed by atoms with Gasteiger partial charge in [-0.25, -0.2) is 0 Å². The van der Waals surface area contributed by atoms with Crippen LogP contribution in [0.5, 0.6) is 11.5 Å². The molecule has 1 aromatic heterocycles. The lowest BCUT2D eigenvalue weighted by Crippen LogP contribution is -2.30. The number of hydrogen-bond donors (Lipinski definition) is 2. The first-order chi connectivity index (χ1) is 12.7. The van der Waals surface area contributed by atoms with Crippen LogP contribution in [0.3, 0.4) is 0 Å². The summed E-state index contributed by atoms with van der Waals surface area (Å²) in [6.45, 7) is 5.81. The molecule has 0 spiro atoms. The zero-order valence-electron chi connectivity index (χ0n) is 16.0. The molecule has 0 aliphatic carbocycles. The van der Waals surface area contributed by atoms with E-state index in [1.165, 1.54) is 14.2 Å². The Morgan fingerprint density at radius 2 is 1.93 bits per heavy atom. The minimum atomic E-state index is -1.06. The Balaban J connectivity index is 2.31. The number of carboxylic acids is 1. The van der Waals surface area contributed by atoms with Crippen LogP contribution in [0.4, 0.5) is 0 Å². The van der Waals surface area contributed by atoms with Gasteiger partial charge in [0, 0.05) is 23.1 Å². The van der Waals surface area contributed by atoms with E-state index in [-0.39, 0.29) is 17.5 Å². The molecular formula is C19H24N2O6. The first kappa shape index (κ1) is 20.3. The summed E-state index contributed by atoms with van der Waals surface area (Å²) < 4.78 is 15.7. The van der Waals surface area contributed by atoms with Crippen LogP contribution in [0.2, 0.25) is 0 Å². The van der Waals surface area contributed by atoms with E-state index < -0.39 is 17.9 Å². The normalized spacial score (nSPS) is 12.3. The van der Waals surface area contributed by atoms with Crippen LogP contribution in [-0.4, -0.2) is 36.4 Å².